The Hall–Kier alpha value is -2.38. The van der Waals surface area contributed by atoms with Crippen molar-refractivity contribution in [1.82, 2.24) is 5.43 Å². The first-order valence-electron chi connectivity index (χ1n) is 8.61. The van der Waals surface area contributed by atoms with Gasteiger partial charge in [0.25, 0.3) is 0 Å². The molecule has 2 atom stereocenters. The van der Waals surface area contributed by atoms with Crippen LogP contribution < -0.4 is 10.3 Å². The minimum atomic E-state index is -0.885. The van der Waals surface area contributed by atoms with Gasteiger partial charge in [-0.25, -0.2) is 0 Å². The molecule has 0 bridgehead atoms. The summed E-state index contributed by atoms with van der Waals surface area (Å²) < 4.78 is 0. The van der Waals surface area contributed by atoms with E-state index in [-0.39, 0.29) is 12.6 Å². The molecule has 6 nitrogen and oxygen atoms in total. The Balaban J connectivity index is 1.96. The Morgan fingerprint density at radius 2 is 2.00 bits per heavy atom. The molecular weight excluding hydrogens is 384 g/mol. The third-order valence-corrected chi connectivity index (χ3v) is 6.43. The lowest BCUT2D eigenvalue weighted by atomic mass is 9.99. The molecule has 0 aliphatic carbocycles. The van der Waals surface area contributed by atoms with E-state index in [1.807, 2.05) is 31.2 Å². The highest BCUT2D eigenvalue weighted by Crippen LogP contribution is 2.42. The SMILES string of the molecule is CC1=NNC2[C@@H](CC(=O)O)N=C(c3ccc(Cl)cc3)c3c(sc(C)c3C)N12. The van der Waals surface area contributed by atoms with Crippen molar-refractivity contribution in [2.75, 3.05) is 4.90 Å². The molecule has 1 unspecified atom stereocenters. The molecule has 140 valence electrons. The average Bonchev–Trinajstić information content (AvgIpc) is 3.08. The number of hydrazone groups is 1. The summed E-state index contributed by atoms with van der Waals surface area (Å²) in [7, 11) is 0. The maximum absolute atomic E-state index is 11.5. The normalized spacial score (nSPS) is 21.0. The molecule has 2 aliphatic heterocycles. The molecular formula is C19H19ClN4O2S. The first kappa shape index (κ1) is 18.0. The molecule has 0 saturated heterocycles. The molecule has 0 fully saturated rings. The van der Waals surface area contributed by atoms with Gasteiger partial charge in [0.2, 0.25) is 0 Å². The predicted octanol–water partition coefficient (Wildman–Crippen LogP) is 3.78. The number of aliphatic carboxylic acids is 1. The number of thiophene rings is 1. The zero-order chi connectivity index (χ0) is 19.3. The van der Waals surface area contributed by atoms with Gasteiger partial charge in [0, 0.05) is 21.0 Å². The van der Waals surface area contributed by atoms with Crippen molar-refractivity contribution in [1.29, 1.82) is 0 Å². The summed E-state index contributed by atoms with van der Waals surface area (Å²) in [5.41, 5.74) is 7.00. The molecule has 0 amide bonds. The number of amidine groups is 1. The van der Waals surface area contributed by atoms with Crippen molar-refractivity contribution < 1.29 is 9.90 Å². The number of aryl methyl sites for hydroxylation is 1. The number of hydrogen-bond donors (Lipinski definition) is 2. The van der Waals surface area contributed by atoms with Crippen LogP contribution in [0.5, 0.6) is 0 Å². The van der Waals surface area contributed by atoms with Crippen LogP contribution >= 0.6 is 22.9 Å². The van der Waals surface area contributed by atoms with Gasteiger partial charge in [0.15, 0.2) is 0 Å². The lowest BCUT2D eigenvalue weighted by Crippen LogP contribution is -2.47. The van der Waals surface area contributed by atoms with E-state index >= 15 is 0 Å². The summed E-state index contributed by atoms with van der Waals surface area (Å²) in [6.45, 7) is 6.10. The number of nitrogens with zero attached hydrogens (tertiary/aromatic N) is 3. The monoisotopic (exact) mass is 402 g/mol. The molecule has 0 spiro atoms. The van der Waals surface area contributed by atoms with E-state index in [1.165, 1.54) is 4.88 Å². The summed E-state index contributed by atoms with van der Waals surface area (Å²) in [5, 5.41) is 15.5. The molecule has 2 N–H and O–H groups in total. The van der Waals surface area contributed by atoms with E-state index in [0.717, 1.165) is 33.2 Å². The molecule has 27 heavy (non-hydrogen) atoms. The van der Waals surface area contributed by atoms with Crippen LogP contribution in [0.3, 0.4) is 0 Å². The minimum absolute atomic E-state index is 0.0823. The molecule has 8 heteroatoms. The second-order valence-corrected chi connectivity index (χ2v) is 8.36. The number of rotatable bonds is 3. The van der Waals surface area contributed by atoms with Crippen LogP contribution in [0.4, 0.5) is 5.00 Å². The summed E-state index contributed by atoms with van der Waals surface area (Å²) >= 11 is 7.75. The van der Waals surface area contributed by atoms with Crippen molar-refractivity contribution in [3.63, 3.8) is 0 Å². The van der Waals surface area contributed by atoms with Crippen molar-refractivity contribution in [2.45, 2.75) is 39.4 Å². The topological polar surface area (TPSA) is 77.3 Å². The second kappa shape index (κ2) is 6.65. The van der Waals surface area contributed by atoms with Gasteiger partial charge in [-0.3, -0.25) is 20.1 Å². The highest BCUT2D eigenvalue weighted by atomic mass is 35.5. The van der Waals surface area contributed by atoms with Gasteiger partial charge < -0.3 is 5.11 Å². The number of hydrogen-bond acceptors (Lipinski definition) is 6. The molecule has 2 aromatic rings. The number of fused-ring (bicyclic) bond motifs is 3. The van der Waals surface area contributed by atoms with E-state index in [9.17, 15) is 9.90 Å². The lowest BCUT2D eigenvalue weighted by Gasteiger charge is -2.27. The number of nitrogens with one attached hydrogen (secondary N) is 1. The second-order valence-electron chi connectivity index (χ2n) is 6.72. The zero-order valence-corrected chi connectivity index (χ0v) is 16.7. The van der Waals surface area contributed by atoms with Gasteiger partial charge in [-0.2, -0.15) is 5.10 Å². The van der Waals surface area contributed by atoms with Crippen LogP contribution in [0.1, 0.15) is 34.9 Å². The third kappa shape index (κ3) is 3.00. The Morgan fingerprint density at radius 3 is 2.67 bits per heavy atom. The Bertz CT molecular complexity index is 980. The number of halogens is 1. The number of carboxylic acids is 1. The quantitative estimate of drug-likeness (QED) is 0.818. The first-order valence-corrected chi connectivity index (χ1v) is 9.81. The molecule has 4 rings (SSSR count). The average molecular weight is 403 g/mol. The maximum atomic E-state index is 11.5. The fraction of sp³-hybridized carbons (Fsp3) is 0.316. The standard InChI is InChI=1S/C19H19ClN4O2S/c1-9-10(2)27-19-16(9)17(12-4-6-13(20)7-5-12)21-14(8-15(25)26)18-23-22-11(3)24(18)19/h4-7,14,18,23H,8H2,1-3H3,(H,25,26)/t14-,18?/m1/s1. The smallest absolute Gasteiger partial charge is 0.305 e. The summed E-state index contributed by atoms with van der Waals surface area (Å²) in [5.74, 6) is -0.0749. The summed E-state index contributed by atoms with van der Waals surface area (Å²) in [4.78, 5) is 19.7. The van der Waals surface area contributed by atoms with E-state index in [4.69, 9.17) is 16.6 Å². The Morgan fingerprint density at radius 1 is 1.30 bits per heavy atom. The summed E-state index contributed by atoms with van der Waals surface area (Å²) in [6.07, 6.45) is -0.400. The highest BCUT2D eigenvalue weighted by molar-refractivity contribution is 7.17. The first-order chi connectivity index (χ1) is 12.9. The van der Waals surface area contributed by atoms with Crippen LogP contribution in [-0.2, 0) is 4.79 Å². The highest BCUT2D eigenvalue weighted by Gasteiger charge is 2.40. The van der Waals surface area contributed by atoms with Crippen LogP contribution in [0.2, 0.25) is 5.02 Å². The van der Waals surface area contributed by atoms with Gasteiger partial charge in [-0.1, -0.05) is 23.7 Å². The van der Waals surface area contributed by atoms with Gasteiger partial charge in [-0.15, -0.1) is 11.3 Å². The largest absolute Gasteiger partial charge is 0.481 e. The summed E-state index contributed by atoms with van der Waals surface area (Å²) in [6, 6.07) is 7.04. The van der Waals surface area contributed by atoms with Gasteiger partial charge in [0.1, 0.15) is 23.0 Å². The maximum Gasteiger partial charge on any atom is 0.305 e. The van der Waals surface area contributed by atoms with Crippen LogP contribution in [0.15, 0.2) is 34.4 Å². The number of anilines is 1. The third-order valence-electron chi connectivity index (χ3n) is 4.97. The minimum Gasteiger partial charge on any atom is -0.481 e. The van der Waals surface area contributed by atoms with Crippen molar-refractivity contribution in [3.8, 4) is 0 Å². The molecule has 2 aliphatic rings. The van der Waals surface area contributed by atoms with E-state index < -0.39 is 12.0 Å². The lowest BCUT2D eigenvalue weighted by molar-refractivity contribution is -0.137. The predicted molar refractivity (Wildman–Crippen MR) is 109 cm³/mol. The number of benzene rings is 1. The van der Waals surface area contributed by atoms with Crippen molar-refractivity contribution in [2.24, 2.45) is 10.1 Å². The molecule has 0 saturated carbocycles. The number of carbonyl (C=O) groups is 1. The van der Waals surface area contributed by atoms with Crippen molar-refractivity contribution in [3.05, 3.63) is 50.9 Å². The number of carboxylic acid groups (broad SMARTS) is 1. The van der Waals surface area contributed by atoms with Gasteiger partial charge in [0.05, 0.1) is 12.1 Å². The molecule has 0 radical (unpaired) electrons. The van der Waals surface area contributed by atoms with Crippen LogP contribution in [0.25, 0.3) is 0 Å². The Labute approximate surface area is 166 Å². The van der Waals surface area contributed by atoms with Crippen molar-refractivity contribution >= 4 is 45.5 Å². The number of aliphatic imine (C=N–C) groups is 1. The van der Waals surface area contributed by atoms with Gasteiger partial charge >= 0.3 is 5.97 Å². The fourth-order valence-electron chi connectivity index (χ4n) is 3.53. The fourth-order valence-corrected chi connectivity index (χ4v) is 4.89. The van der Waals surface area contributed by atoms with E-state index in [0.29, 0.717) is 5.02 Å². The molecule has 1 aromatic carbocycles. The Kier molecular flexibility index (Phi) is 4.44. The zero-order valence-electron chi connectivity index (χ0n) is 15.2. The van der Waals surface area contributed by atoms with Crippen LogP contribution in [-0.4, -0.2) is 34.8 Å². The van der Waals surface area contributed by atoms with E-state index in [1.54, 1.807) is 11.3 Å². The van der Waals surface area contributed by atoms with Crippen LogP contribution in [0, 0.1) is 13.8 Å². The van der Waals surface area contributed by atoms with E-state index in [2.05, 4.69) is 29.3 Å². The molecule has 1 aromatic heterocycles. The van der Waals surface area contributed by atoms with Gasteiger partial charge in [-0.05, 0) is 38.5 Å². The molecule has 3 heterocycles.